The van der Waals surface area contributed by atoms with Crippen LogP contribution < -0.4 is 5.32 Å². The molecule has 0 saturated heterocycles. The van der Waals surface area contributed by atoms with E-state index in [-0.39, 0.29) is 6.73 Å². The standard InChI is InChI=1S/C2H8BNO3/c1-4-2-7-3(5)6/h4-6H,2H2,1H3. The molecule has 42 valence electrons. The normalized spacial score (nSPS) is 9.00. The molecule has 7 heavy (non-hydrogen) atoms. The Balaban J connectivity index is 2.68. The van der Waals surface area contributed by atoms with Crippen LogP contribution in [0.5, 0.6) is 0 Å². The molecule has 0 heterocycles. The van der Waals surface area contributed by atoms with Crippen molar-refractivity contribution in [3.63, 3.8) is 0 Å². The van der Waals surface area contributed by atoms with Gasteiger partial charge in [0.05, 0.1) is 6.73 Å². The Morgan fingerprint density at radius 3 is 2.43 bits per heavy atom. The van der Waals surface area contributed by atoms with Gasteiger partial charge in [-0.1, -0.05) is 0 Å². The smallest absolute Gasteiger partial charge is 0.402 e. The zero-order chi connectivity index (χ0) is 5.70. The van der Waals surface area contributed by atoms with Crippen molar-refractivity contribution < 1.29 is 14.7 Å². The first-order valence-corrected chi connectivity index (χ1v) is 1.89. The van der Waals surface area contributed by atoms with Gasteiger partial charge in [0.25, 0.3) is 0 Å². The van der Waals surface area contributed by atoms with E-state index in [1.165, 1.54) is 0 Å². The lowest BCUT2D eigenvalue weighted by Crippen LogP contribution is -2.23. The Morgan fingerprint density at radius 2 is 2.29 bits per heavy atom. The quantitative estimate of drug-likeness (QED) is 0.291. The van der Waals surface area contributed by atoms with Crippen molar-refractivity contribution in [3.05, 3.63) is 0 Å². The van der Waals surface area contributed by atoms with Crippen LogP contribution in [-0.2, 0) is 4.65 Å². The van der Waals surface area contributed by atoms with Gasteiger partial charge in [-0.2, -0.15) is 0 Å². The summed E-state index contributed by atoms with van der Waals surface area (Å²) in [4.78, 5) is 0. The highest BCUT2D eigenvalue weighted by Crippen LogP contribution is 1.67. The van der Waals surface area contributed by atoms with Crippen molar-refractivity contribution in [1.82, 2.24) is 5.32 Å². The van der Waals surface area contributed by atoms with Gasteiger partial charge in [0.2, 0.25) is 0 Å². The second kappa shape index (κ2) is 4.07. The molecular formula is C2H8BNO3. The first-order chi connectivity index (χ1) is 3.27. The maximum atomic E-state index is 7.98. The summed E-state index contributed by atoms with van der Waals surface area (Å²) >= 11 is 0. The lowest BCUT2D eigenvalue weighted by molar-refractivity contribution is 0.176. The van der Waals surface area contributed by atoms with Gasteiger partial charge in [0, 0.05) is 0 Å². The molecule has 0 amide bonds. The highest BCUT2D eigenvalue weighted by molar-refractivity contribution is 6.32. The van der Waals surface area contributed by atoms with Gasteiger partial charge in [0.1, 0.15) is 0 Å². The van der Waals surface area contributed by atoms with Gasteiger partial charge >= 0.3 is 7.32 Å². The average Bonchev–Trinajstić information content (AvgIpc) is 1.61. The first kappa shape index (κ1) is 6.90. The molecule has 0 radical (unpaired) electrons. The lowest BCUT2D eigenvalue weighted by atomic mass is 10.3. The van der Waals surface area contributed by atoms with Gasteiger partial charge in [-0.05, 0) is 7.05 Å². The molecule has 0 fully saturated rings. The monoisotopic (exact) mass is 105 g/mol. The largest absolute Gasteiger partial charge is 0.634 e. The number of rotatable bonds is 3. The van der Waals surface area contributed by atoms with E-state index < -0.39 is 7.32 Å². The van der Waals surface area contributed by atoms with E-state index in [1.54, 1.807) is 7.05 Å². The third-order valence-corrected chi connectivity index (χ3v) is 0.377. The molecule has 0 aromatic heterocycles. The highest BCUT2D eigenvalue weighted by atomic mass is 16.6. The molecule has 0 aromatic carbocycles. The Hall–Kier alpha value is -0.0951. The van der Waals surface area contributed by atoms with Gasteiger partial charge in [-0.3, -0.25) is 5.32 Å². The van der Waals surface area contributed by atoms with Crippen LogP contribution in [0.15, 0.2) is 0 Å². The third kappa shape index (κ3) is 5.90. The van der Waals surface area contributed by atoms with Gasteiger partial charge in [-0.15, -0.1) is 0 Å². The second-order valence-electron chi connectivity index (χ2n) is 0.991. The van der Waals surface area contributed by atoms with Crippen molar-refractivity contribution in [1.29, 1.82) is 0 Å². The van der Waals surface area contributed by atoms with E-state index in [0.29, 0.717) is 0 Å². The van der Waals surface area contributed by atoms with Crippen LogP contribution in [0.1, 0.15) is 0 Å². The summed E-state index contributed by atoms with van der Waals surface area (Å²) in [6.07, 6.45) is 0. The summed E-state index contributed by atoms with van der Waals surface area (Å²) < 4.78 is 4.19. The topological polar surface area (TPSA) is 61.7 Å². The third-order valence-electron chi connectivity index (χ3n) is 0.377. The second-order valence-corrected chi connectivity index (χ2v) is 0.991. The minimum Gasteiger partial charge on any atom is -0.402 e. The summed E-state index contributed by atoms with van der Waals surface area (Å²) in [5, 5.41) is 18.5. The van der Waals surface area contributed by atoms with E-state index in [0.717, 1.165) is 0 Å². The first-order valence-electron chi connectivity index (χ1n) is 1.89. The molecule has 0 aliphatic rings. The number of hydrogen-bond acceptors (Lipinski definition) is 4. The van der Waals surface area contributed by atoms with Gasteiger partial charge < -0.3 is 14.7 Å². The molecular weight excluding hydrogens is 96.8 g/mol. The van der Waals surface area contributed by atoms with Gasteiger partial charge in [0.15, 0.2) is 0 Å². The fraction of sp³-hybridized carbons (Fsp3) is 1.00. The molecule has 3 N–H and O–H groups in total. The number of hydrogen-bond donors (Lipinski definition) is 3. The zero-order valence-electron chi connectivity index (χ0n) is 4.09. The Bertz CT molecular complexity index is 41.9. The average molecular weight is 105 g/mol. The fourth-order valence-corrected chi connectivity index (χ4v) is 0.158. The van der Waals surface area contributed by atoms with Crippen LogP contribution >= 0.6 is 0 Å². The predicted molar refractivity (Wildman–Crippen MR) is 25.2 cm³/mol. The molecule has 0 saturated carbocycles. The van der Waals surface area contributed by atoms with Gasteiger partial charge in [-0.25, -0.2) is 0 Å². The summed E-state index contributed by atoms with van der Waals surface area (Å²) in [5.41, 5.74) is 0. The lowest BCUT2D eigenvalue weighted by Gasteiger charge is -1.97. The van der Waals surface area contributed by atoms with E-state index in [4.69, 9.17) is 10.0 Å². The molecule has 4 nitrogen and oxygen atoms in total. The van der Waals surface area contributed by atoms with Crippen molar-refractivity contribution in [2.45, 2.75) is 0 Å². The van der Waals surface area contributed by atoms with Crippen LogP contribution in [0.3, 0.4) is 0 Å². The maximum absolute atomic E-state index is 7.98. The van der Waals surface area contributed by atoms with Crippen molar-refractivity contribution in [2.24, 2.45) is 0 Å². The number of nitrogens with one attached hydrogen (secondary N) is 1. The van der Waals surface area contributed by atoms with Crippen LogP contribution in [0.2, 0.25) is 0 Å². The van der Waals surface area contributed by atoms with E-state index in [1.807, 2.05) is 0 Å². The van der Waals surface area contributed by atoms with Crippen molar-refractivity contribution in [3.8, 4) is 0 Å². The van der Waals surface area contributed by atoms with Crippen LogP contribution in [-0.4, -0.2) is 31.1 Å². The molecule has 0 bridgehead atoms. The molecule has 0 rings (SSSR count). The van der Waals surface area contributed by atoms with Crippen LogP contribution in [0.4, 0.5) is 0 Å². The summed E-state index contributed by atoms with van der Waals surface area (Å²) in [7, 11) is -0.0185. The molecule has 0 aliphatic carbocycles. The minimum absolute atomic E-state index is 0.150. The molecule has 0 atom stereocenters. The van der Waals surface area contributed by atoms with Crippen molar-refractivity contribution in [2.75, 3.05) is 13.8 Å². The van der Waals surface area contributed by atoms with E-state index in [2.05, 4.69) is 9.97 Å². The van der Waals surface area contributed by atoms with Crippen LogP contribution in [0.25, 0.3) is 0 Å². The molecule has 0 spiro atoms. The zero-order valence-corrected chi connectivity index (χ0v) is 4.09. The van der Waals surface area contributed by atoms with E-state index >= 15 is 0 Å². The Kier molecular flexibility index (Phi) is 4.02. The molecule has 0 aromatic rings. The fourth-order valence-electron chi connectivity index (χ4n) is 0.158. The molecule has 0 aliphatic heterocycles. The highest BCUT2D eigenvalue weighted by Gasteiger charge is 2.04. The molecule has 5 heteroatoms. The summed E-state index contributed by atoms with van der Waals surface area (Å²) in [6, 6.07) is 0. The SMILES string of the molecule is CNCOB(O)O. The molecule has 0 unspecified atom stereocenters. The predicted octanol–water partition coefficient (Wildman–Crippen LogP) is -1.85. The van der Waals surface area contributed by atoms with Crippen molar-refractivity contribution >= 4 is 7.32 Å². The minimum atomic E-state index is -1.66. The van der Waals surface area contributed by atoms with Crippen LogP contribution in [0, 0.1) is 0 Å². The Labute approximate surface area is 42.3 Å². The van der Waals surface area contributed by atoms with E-state index in [9.17, 15) is 0 Å². The Morgan fingerprint density at radius 1 is 1.71 bits per heavy atom. The maximum Gasteiger partial charge on any atom is 0.634 e. The summed E-state index contributed by atoms with van der Waals surface area (Å²) in [5.74, 6) is 0. The summed E-state index contributed by atoms with van der Waals surface area (Å²) in [6.45, 7) is 0.150.